The highest BCUT2D eigenvalue weighted by molar-refractivity contribution is 7.89. The number of benzene rings is 2. The molecule has 1 amide bonds. The van der Waals surface area contributed by atoms with Crippen LogP contribution in [0, 0.1) is 12.8 Å². The van der Waals surface area contributed by atoms with Crippen molar-refractivity contribution in [3.05, 3.63) is 60.2 Å². The van der Waals surface area contributed by atoms with Gasteiger partial charge in [0.15, 0.2) is 0 Å². The molecule has 1 heterocycles. The molecule has 2 aromatic rings. The van der Waals surface area contributed by atoms with Crippen molar-refractivity contribution < 1.29 is 17.9 Å². The average molecular weight is 417 g/mol. The first-order valence-electron chi connectivity index (χ1n) is 9.91. The zero-order chi connectivity index (χ0) is 20.9. The van der Waals surface area contributed by atoms with Crippen LogP contribution in [0.15, 0.2) is 59.5 Å². The molecule has 1 aliphatic rings. The summed E-state index contributed by atoms with van der Waals surface area (Å²) in [5.41, 5.74) is 1.01. The molecule has 0 saturated carbocycles. The molecule has 1 N–H and O–H groups in total. The van der Waals surface area contributed by atoms with Crippen LogP contribution in [0.1, 0.15) is 25.3 Å². The van der Waals surface area contributed by atoms with Crippen LogP contribution in [0.5, 0.6) is 5.75 Å². The van der Waals surface area contributed by atoms with Crippen molar-refractivity contribution in [1.82, 2.24) is 9.62 Å². The van der Waals surface area contributed by atoms with Gasteiger partial charge in [-0.05, 0) is 51.0 Å². The van der Waals surface area contributed by atoms with E-state index in [0.717, 1.165) is 11.3 Å². The number of hydrogen-bond donors (Lipinski definition) is 1. The number of ether oxygens (including phenoxy) is 1. The summed E-state index contributed by atoms with van der Waals surface area (Å²) < 4.78 is 32.9. The van der Waals surface area contributed by atoms with E-state index in [0.29, 0.717) is 26.0 Å². The molecule has 1 saturated heterocycles. The summed E-state index contributed by atoms with van der Waals surface area (Å²) in [5.74, 6) is 0.266. The Balaban J connectivity index is 1.56. The molecule has 0 aromatic heterocycles. The van der Waals surface area contributed by atoms with Gasteiger partial charge in [0.05, 0.1) is 16.9 Å². The molecule has 0 unspecified atom stereocenters. The number of nitrogens with one attached hydrogen (secondary N) is 1. The standard InChI is InChI=1S/C22H28N2O4S/c1-17-10-12-21(13-11-17)29(26,27)24-14-6-7-19(15-24)22(25)23-18(2)16-28-20-8-4-3-5-9-20/h3-5,8-13,18-19H,6-7,14-16H2,1-2H3,(H,23,25)/t18-,19+/m0/s1. The highest BCUT2D eigenvalue weighted by Crippen LogP contribution is 2.24. The fraction of sp³-hybridized carbons (Fsp3) is 0.409. The van der Waals surface area contributed by atoms with Gasteiger partial charge in [0, 0.05) is 13.1 Å². The van der Waals surface area contributed by atoms with Gasteiger partial charge in [0.2, 0.25) is 15.9 Å². The highest BCUT2D eigenvalue weighted by atomic mass is 32.2. The molecule has 0 radical (unpaired) electrons. The lowest BCUT2D eigenvalue weighted by molar-refractivity contribution is -0.126. The SMILES string of the molecule is Cc1ccc(S(=O)(=O)N2CCC[C@@H](C(=O)N[C@@H](C)COc3ccccc3)C2)cc1. The minimum absolute atomic E-state index is 0.127. The minimum Gasteiger partial charge on any atom is -0.491 e. The Hall–Kier alpha value is -2.38. The van der Waals surface area contributed by atoms with Crippen LogP contribution in [0.2, 0.25) is 0 Å². The summed E-state index contributed by atoms with van der Waals surface area (Å²) in [7, 11) is -3.59. The van der Waals surface area contributed by atoms with Gasteiger partial charge >= 0.3 is 0 Å². The maximum Gasteiger partial charge on any atom is 0.243 e. The van der Waals surface area contributed by atoms with Crippen LogP contribution in [-0.2, 0) is 14.8 Å². The number of carbonyl (C=O) groups excluding carboxylic acids is 1. The summed E-state index contributed by atoms with van der Waals surface area (Å²) in [5, 5.41) is 2.95. The van der Waals surface area contributed by atoms with Crippen molar-refractivity contribution in [3.63, 3.8) is 0 Å². The summed E-state index contributed by atoms with van der Waals surface area (Å²) >= 11 is 0. The van der Waals surface area contributed by atoms with Crippen LogP contribution in [0.3, 0.4) is 0 Å². The number of amides is 1. The zero-order valence-electron chi connectivity index (χ0n) is 16.9. The maximum absolute atomic E-state index is 12.9. The molecule has 7 heteroatoms. The van der Waals surface area contributed by atoms with Crippen LogP contribution >= 0.6 is 0 Å². The molecule has 2 atom stereocenters. The highest BCUT2D eigenvalue weighted by Gasteiger charge is 2.33. The van der Waals surface area contributed by atoms with E-state index >= 15 is 0 Å². The smallest absolute Gasteiger partial charge is 0.243 e. The predicted octanol–water partition coefficient (Wildman–Crippen LogP) is 2.98. The summed E-state index contributed by atoms with van der Waals surface area (Å²) in [6.07, 6.45) is 1.34. The first-order valence-corrected chi connectivity index (χ1v) is 11.4. The van der Waals surface area contributed by atoms with Gasteiger partial charge in [0.1, 0.15) is 12.4 Å². The van der Waals surface area contributed by atoms with Gasteiger partial charge in [-0.2, -0.15) is 4.31 Å². The number of rotatable bonds is 7. The Kier molecular flexibility index (Phi) is 6.92. The van der Waals surface area contributed by atoms with E-state index in [1.54, 1.807) is 24.3 Å². The van der Waals surface area contributed by atoms with Crippen LogP contribution in [0.4, 0.5) is 0 Å². The molecule has 1 fully saturated rings. The van der Waals surface area contributed by atoms with Gasteiger partial charge in [-0.3, -0.25) is 4.79 Å². The molecule has 2 aromatic carbocycles. The van der Waals surface area contributed by atoms with Crippen LogP contribution in [0.25, 0.3) is 0 Å². The Morgan fingerprint density at radius 2 is 1.86 bits per heavy atom. The fourth-order valence-corrected chi connectivity index (χ4v) is 4.90. The van der Waals surface area contributed by atoms with Crippen LogP contribution in [-0.4, -0.2) is 44.4 Å². The number of nitrogens with zero attached hydrogens (tertiary/aromatic N) is 1. The normalized spacial score (nSPS) is 18.8. The Morgan fingerprint density at radius 1 is 1.17 bits per heavy atom. The van der Waals surface area contributed by atoms with Gasteiger partial charge in [-0.25, -0.2) is 8.42 Å². The molecule has 1 aliphatic heterocycles. The summed E-state index contributed by atoms with van der Waals surface area (Å²) in [6.45, 7) is 4.79. The number of para-hydroxylation sites is 1. The molecule has 0 aliphatic carbocycles. The largest absolute Gasteiger partial charge is 0.491 e. The first-order chi connectivity index (χ1) is 13.9. The van der Waals surface area contributed by atoms with Crippen molar-refractivity contribution in [1.29, 1.82) is 0 Å². The summed E-state index contributed by atoms with van der Waals surface area (Å²) in [4.78, 5) is 13.0. The lowest BCUT2D eigenvalue weighted by Crippen LogP contribution is -2.48. The van der Waals surface area contributed by atoms with Crippen LogP contribution < -0.4 is 10.1 Å². The third kappa shape index (κ3) is 5.58. The number of sulfonamides is 1. The van der Waals surface area contributed by atoms with E-state index in [1.165, 1.54) is 4.31 Å². The predicted molar refractivity (Wildman–Crippen MR) is 112 cm³/mol. The Labute approximate surface area is 172 Å². The fourth-order valence-electron chi connectivity index (χ4n) is 3.37. The first kappa shape index (κ1) is 21.3. The second kappa shape index (κ2) is 9.41. The van der Waals surface area contributed by atoms with E-state index < -0.39 is 10.0 Å². The van der Waals surface area contributed by atoms with E-state index in [2.05, 4.69) is 5.32 Å². The minimum atomic E-state index is -3.59. The average Bonchev–Trinajstić information content (AvgIpc) is 2.73. The molecule has 6 nitrogen and oxygen atoms in total. The Bertz CT molecular complexity index is 914. The lowest BCUT2D eigenvalue weighted by Gasteiger charge is -2.31. The monoisotopic (exact) mass is 416 g/mol. The summed E-state index contributed by atoms with van der Waals surface area (Å²) in [6, 6.07) is 16.1. The zero-order valence-corrected chi connectivity index (χ0v) is 17.7. The number of aryl methyl sites for hydroxylation is 1. The quantitative estimate of drug-likeness (QED) is 0.753. The molecular weight excluding hydrogens is 388 g/mol. The molecule has 156 valence electrons. The molecule has 29 heavy (non-hydrogen) atoms. The van der Waals surface area contributed by atoms with Gasteiger partial charge in [-0.15, -0.1) is 0 Å². The topological polar surface area (TPSA) is 75.7 Å². The maximum atomic E-state index is 12.9. The Morgan fingerprint density at radius 3 is 2.55 bits per heavy atom. The number of carbonyl (C=O) groups is 1. The number of piperidine rings is 1. The van der Waals surface area contributed by atoms with Gasteiger partial charge in [0.25, 0.3) is 0 Å². The second-order valence-corrected chi connectivity index (χ2v) is 9.49. The molecule has 3 rings (SSSR count). The van der Waals surface area contributed by atoms with Crippen molar-refractivity contribution in [2.45, 2.75) is 37.6 Å². The lowest BCUT2D eigenvalue weighted by atomic mass is 9.98. The second-order valence-electron chi connectivity index (χ2n) is 7.55. The van der Waals surface area contributed by atoms with Gasteiger partial charge in [-0.1, -0.05) is 35.9 Å². The van der Waals surface area contributed by atoms with E-state index in [-0.39, 0.29) is 29.3 Å². The van der Waals surface area contributed by atoms with Crippen molar-refractivity contribution >= 4 is 15.9 Å². The van der Waals surface area contributed by atoms with Crippen molar-refractivity contribution in [2.24, 2.45) is 5.92 Å². The van der Waals surface area contributed by atoms with E-state index in [4.69, 9.17) is 4.74 Å². The molecular formula is C22H28N2O4S. The number of hydrogen-bond acceptors (Lipinski definition) is 4. The third-order valence-corrected chi connectivity index (χ3v) is 6.92. The molecule has 0 bridgehead atoms. The molecule has 0 spiro atoms. The third-order valence-electron chi connectivity index (χ3n) is 5.05. The van der Waals surface area contributed by atoms with E-state index in [1.807, 2.05) is 44.2 Å². The van der Waals surface area contributed by atoms with E-state index in [9.17, 15) is 13.2 Å². The van der Waals surface area contributed by atoms with Gasteiger partial charge < -0.3 is 10.1 Å². The van der Waals surface area contributed by atoms with Crippen molar-refractivity contribution in [3.8, 4) is 5.75 Å². The van der Waals surface area contributed by atoms with Crippen molar-refractivity contribution in [2.75, 3.05) is 19.7 Å².